The molecule has 2 aliphatic heterocycles. The van der Waals surface area contributed by atoms with Crippen LogP contribution in [0.1, 0.15) is 11.1 Å². The molecule has 4 heteroatoms. The lowest BCUT2D eigenvalue weighted by molar-refractivity contribution is 0.0173. The van der Waals surface area contributed by atoms with Crippen LogP contribution in [0.3, 0.4) is 0 Å². The largest absolute Gasteiger partial charge is 0.507 e. The third-order valence-corrected chi connectivity index (χ3v) is 4.70. The molecule has 1 aromatic carbocycles. The van der Waals surface area contributed by atoms with E-state index in [4.69, 9.17) is 0 Å². The summed E-state index contributed by atoms with van der Waals surface area (Å²) < 4.78 is 0. The van der Waals surface area contributed by atoms with E-state index in [0.717, 1.165) is 43.9 Å². The molecule has 0 amide bonds. The van der Waals surface area contributed by atoms with Crippen molar-refractivity contribution in [2.75, 3.05) is 46.3 Å². The Morgan fingerprint density at radius 1 is 1.15 bits per heavy atom. The molecule has 1 atom stereocenters. The first-order chi connectivity index (χ1) is 9.63. The second-order valence-electron chi connectivity index (χ2n) is 6.27. The van der Waals surface area contributed by atoms with Gasteiger partial charge in [-0.15, -0.1) is 0 Å². The number of hydrogen-bond donors (Lipinski definition) is 1. The predicted molar refractivity (Wildman–Crippen MR) is 81.0 cm³/mol. The van der Waals surface area contributed by atoms with Crippen LogP contribution >= 0.6 is 0 Å². The van der Waals surface area contributed by atoms with E-state index < -0.39 is 0 Å². The smallest absolute Gasteiger partial charge is 0.122 e. The standard InChI is InChI=1S/C16H25N3O/c1-13-4-3-5-14(16(13)20)10-18-7-9-19-8-6-17(2)11-15(19)12-18/h3-5,15,20H,6-12H2,1-2H3/t15-/m0/s1. The lowest BCUT2D eigenvalue weighted by atomic mass is 10.1. The fourth-order valence-electron chi connectivity index (χ4n) is 3.41. The van der Waals surface area contributed by atoms with E-state index >= 15 is 0 Å². The van der Waals surface area contributed by atoms with Crippen LogP contribution in [-0.4, -0.2) is 72.2 Å². The van der Waals surface area contributed by atoms with Gasteiger partial charge in [-0.2, -0.15) is 0 Å². The average Bonchev–Trinajstić information content (AvgIpc) is 2.43. The maximum absolute atomic E-state index is 10.2. The Balaban J connectivity index is 1.65. The Kier molecular flexibility index (Phi) is 3.96. The molecule has 1 N–H and O–H groups in total. The molecule has 3 rings (SSSR count). The van der Waals surface area contributed by atoms with Gasteiger partial charge in [0.05, 0.1) is 0 Å². The minimum absolute atomic E-state index is 0.468. The number of aryl methyl sites for hydroxylation is 1. The summed E-state index contributed by atoms with van der Waals surface area (Å²) in [7, 11) is 2.21. The van der Waals surface area contributed by atoms with Gasteiger partial charge in [-0.1, -0.05) is 18.2 Å². The van der Waals surface area contributed by atoms with Crippen LogP contribution in [0.4, 0.5) is 0 Å². The summed E-state index contributed by atoms with van der Waals surface area (Å²) in [6, 6.07) is 6.69. The Labute approximate surface area is 121 Å². The number of benzene rings is 1. The highest BCUT2D eigenvalue weighted by Crippen LogP contribution is 2.24. The fourth-order valence-corrected chi connectivity index (χ4v) is 3.41. The van der Waals surface area contributed by atoms with E-state index in [-0.39, 0.29) is 0 Å². The first-order valence-electron chi connectivity index (χ1n) is 7.56. The summed E-state index contributed by atoms with van der Waals surface area (Å²) in [6.07, 6.45) is 0. The van der Waals surface area contributed by atoms with Crippen molar-refractivity contribution in [2.24, 2.45) is 0 Å². The summed E-state index contributed by atoms with van der Waals surface area (Å²) in [5, 5.41) is 10.2. The number of phenols is 1. The molecule has 110 valence electrons. The zero-order chi connectivity index (χ0) is 14.1. The summed E-state index contributed by atoms with van der Waals surface area (Å²) >= 11 is 0. The molecule has 2 saturated heterocycles. The van der Waals surface area contributed by atoms with E-state index in [1.165, 1.54) is 13.1 Å². The topological polar surface area (TPSA) is 30.0 Å². The summed E-state index contributed by atoms with van der Waals surface area (Å²) in [6.45, 7) is 9.75. The first-order valence-corrected chi connectivity index (χ1v) is 7.56. The van der Waals surface area contributed by atoms with Gasteiger partial charge < -0.3 is 10.0 Å². The molecular formula is C16H25N3O. The van der Waals surface area contributed by atoms with E-state index in [0.29, 0.717) is 11.8 Å². The Hall–Kier alpha value is -1.10. The lowest BCUT2D eigenvalue weighted by Crippen LogP contribution is -2.61. The van der Waals surface area contributed by atoms with Crippen LogP contribution in [0, 0.1) is 6.92 Å². The molecular weight excluding hydrogens is 250 g/mol. The molecule has 2 heterocycles. The summed E-state index contributed by atoms with van der Waals surface area (Å²) in [4.78, 5) is 7.52. The van der Waals surface area contributed by atoms with E-state index in [1.807, 2.05) is 25.1 Å². The molecule has 0 bridgehead atoms. The van der Waals surface area contributed by atoms with Gasteiger partial charge in [-0.05, 0) is 19.5 Å². The van der Waals surface area contributed by atoms with Crippen molar-refractivity contribution < 1.29 is 5.11 Å². The summed E-state index contributed by atoms with van der Waals surface area (Å²) in [5.41, 5.74) is 2.03. The second kappa shape index (κ2) is 5.72. The lowest BCUT2D eigenvalue weighted by Gasteiger charge is -2.46. The van der Waals surface area contributed by atoms with Gasteiger partial charge in [0.1, 0.15) is 5.75 Å². The van der Waals surface area contributed by atoms with Crippen LogP contribution < -0.4 is 0 Å². The van der Waals surface area contributed by atoms with E-state index in [2.05, 4.69) is 21.7 Å². The number of hydrogen-bond acceptors (Lipinski definition) is 4. The highest BCUT2D eigenvalue weighted by molar-refractivity contribution is 5.39. The Morgan fingerprint density at radius 2 is 1.95 bits per heavy atom. The van der Waals surface area contributed by atoms with Gasteiger partial charge in [0.2, 0.25) is 0 Å². The minimum Gasteiger partial charge on any atom is -0.507 e. The number of phenolic OH excluding ortho intramolecular Hbond substituents is 1. The van der Waals surface area contributed by atoms with Gasteiger partial charge in [0.25, 0.3) is 0 Å². The number of rotatable bonds is 2. The van der Waals surface area contributed by atoms with Gasteiger partial charge in [-0.25, -0.2) is 0 Å². The van der Waals surface area contributed by atoms with E-state index in [9.17, 15) is 5.11 Å². The Bertz CT molecular complexity index is 477. The quantitative estimate of drug-likeness (QED) is 0.876. The highest BCUT2D eigenvalue weighted by atomic mass is 16.3. The third-order valence-electron chi connectivity index (χ3n) is 4.70. The van der Waals surface area contributed by atoms with Crippen molar-refractivity contribution in [3.63, 3.8) is 0 Å². The molecule has 0 spiro atoms. The monoisotopic (exact) mass is 275 g/mol. The first kappa shape index (κ1) is 13.9. The number of aromatic hydroxyl groups is 1. The van der Waals surface area contributed by atoms with Gasteiger partial charge >= 0.3 is 0 Å². The highest BCUT2D eigenvalue weighted by Gasteiger charge is 2.30. The number of para-hydroxylation sites is 1. The normalized spacial score (nSPS) is 25.6. The molecule has 4 nitrogen and oxygen atoms in total. The van der Waals surface area contributed by atoms with Crippen LogP contribution in [-0.2, 0) is 6.54 Å². The van der Waals surface area contributed by atoms with Crippen LogP contribution in [0.25, 0.3) is 0 Å². The van der Waals surface area contributed by atoms with Crippen molar-refractivity contribution in [2.45, 2.75) is 19.5 Å². The Morgan fingerprint density at radius 3 is 2.80 bits per heavy atom. The molecule has 0 saturated carbocycles. The number of fused-ring (bicyclic) bond motifs is 1. The van der Waals surface area contributed by atoms with Crippen LogP contribution in [0.15, 0.2) is 18.2 Å². The fraction of sp³-hybridized carbons (Fsp3) is 0.625. The SMILES string of the molecule is Cc1cccc(CN2CCN3CCN(C)C[C@H]3C2)c1O. The average molecular weight is 275 g/mol. The maximum Gasteiger partial charge on any atom is 0.122 e. The summed E-state index contributed by atoms with van der Waals surface area (Å²) in [5.74, 6) is 0.468. The van der Waals surface area contributed by atoms with Crippen molar-refractivity contribution >= 4 is 0 Å². The molecule has 0 aliphatic carbocycles. The van der Waals surface area contributed by atoms with Crippen molar-refractivity contribution in [1.29, 1.82) is 0 Å². The van der Waals surface area contributed by atoms with Gasteiger partial charge in [0, 0.05) is 57.4 Å². The predicted octanol–water partition coefficient (Wildman–Crippen LogP) is 1.13. The number of likely N-dealkylation sites (N-methyl/N-ethyl adjacent to an activating group) is 1. The zero-order valence-corrected chi connectivity index (χ0v) is 12.5. The minimum atomic E-state index is 0.468. The van der Waals surface area contributed by atoms with Gasteiger partial charge in [-0.3, -0.25) is 9.80 Å². The van der Waals surface area contributed by atoms with Crippen LogP contribution in [0.2, 0.25) is 0 Å². The maximum atomic E-state index is 10.2. The van der Waals surface area contributed by atoms with Crippen molar-refractivity contribution in [3.8, 4) is 5.75 Å². The number of nitrogens with zero attached hydrogens (tertiary/aromatic N) is 3. The molecule has 1 aromatic rings. The van der Waals surface area contributed by atoms with Crippen LogP contribution in [0.5, 0.6) is 5.75 Å². The molecule has 20 heavy (non-hydrogen) atoms. The zero-order valence-electron chi connectivity index (χ0n) is 12.5. The third kappa shape index (κ3) is 2.82. The molecule has 2 fully saturated rings. The van der Waals surface area contributed by atoms with Crippen molar-refractivity contribution in [3.05, 3.63) is 29.3 Å². The molecule has 0 radical (unpaired) electrons. The van der Waals surface area contributed by atoms with Gasteiger partial charge in [0.15, 0.2) is 0 Å². The number of piperazine rings is 2. The van der Waals surface area contributed by atoms with Crippen molar-refractivity contribution in [1.82, 2.24) is 14.7 Å². The molecule has 0 unspecified atom stereocenters. The second-order valence-corrected chi connectivity index (χ2v) is 6.27. The molecule has 0 aromatic heterocycles. The van der Waals surface area contributed by atoms with E-state index in [1.54, 1.807) is 0 Å². The molecule has 2 aliphatic rings.